The number of rotatable bonds is 10. The molecular weight excluding hydrogens is 300 g/mol. The van der Waals surface area contributed by atoms with E-state index in [1.807, 2.05) is 24.3 Å². The lowest BCUT2D eigenvalue weighted by Gasteiger charge is -2.10. The van der Waals surface area contributed by atoms with Crippen LogP contribution in [0.3, 0.4) is 0 Å². The van der Waals surface area contributed by atoms with Crippen molar-refractivity contribution in [2.75, 3.05) is 18.1 Å². The second-order valence-corrected chi connectivity index (χ2v) is 5.99. The summed E-state index contributed by atoms with van der Waals surface area (Å²) in [5.41, 5.74) is 12.7. The van der Waals surface area contributed by atoms with Crippen molar-refractivity contribution >= 4 is 11.4 Å². The summed E-state index contributed by atoms with van der Waals surface area (Å²) in [7, 11) is 0. The highest BCUT2D eigenvalue weighted by Gasteiger charge is 2.03. The smallest absolute Gasteiger partial charge is 0.150 e. The van der Waals surface area contributed by atoms with Crippen LogP contribution in [0, 0.1) is 0 Å². The van der Waals surface area contributed by atoms with Crippen molar-refractivity contribution < 1.29 is 9.47 Å². The third kappa shape index (κ3) is 6.03. The van der Waals surface area contributed by atoms with E-state index in [1.165, 1.54) is 32.1 Å². The van der Waals surface area contributed by atoms with Gasteiger partial charge in [-0.05, 0) is 48.9 Å². The summed E-state index contributed by atoms with van der Waals surface area (Å²) in [6.07, 6.45) is 7.58. The topological polar surface area (TPSA) is 70.5 Å². The quantitative estimate of drug-likeness (QED) is 0.453. The predicted octanol–water partition coefficient (Wildman–Crippen LogP) is 5.38. The van der Waals surface area contributed by atoms with E-state index in [0.717, 1.165) is 24.5 Å². The van der Waals surface area contributed by atoms with E-state index in [4.69, 9.17) is 20.9 Å². The predicted molar refractivity (Wildman–Crippen MR) is 101 cm³/mol. The zero-order chi connectivity index (χ0) is 17.2. The fourth-order valence-corrected chi connectivity index (χ4v) is 2.46. The Balaban J connectivity index is 1.74. The highest BCUT2D eigenvalue weighted by atomic mass is 16.5. The number of benzene rings is 2. The number of unbranched alkanes of at least 4 members (excludes halogenated alkanes) is 5. The summed E-state index contributed by atoms with van der Waals surface area (Å²) in [5.74, 6) is 2.18. The second kappa shape index (κ2) is 9.71. The van der Waals surface area contributed by atoms with Crippen LogP contribution in [0.4, 0.5) is 11.4 Å². The van der Waals surface area contributed by atoms with E-state index in [2.05, 4.69) is 6.92 Å². The molecule has 0 aromatic heterocycles. The van der Waals surface area contributed by atoms with Crippen LogP contribution in [-0.2, 0) is 0 Å². The molecule has 0 unspecified atom stereocenters. The first-order chi connectivity index (χ1) is 11.7. The SMILES string of the molecule is CCCCCCCCOc1ccc(Oc2ccc(N)cc2N)cc1. The van der Waals surface area contributed by atoms with Gasteiger partial charge in [0.2, 0.25) is 0 Å². The Bertz CT molecular complexity index is 612. The lowest BCUT2D eigenvalue weighted by molar-refractivity contribution is 0.304. The normalized spacial score (nSPS) is 10.5. The summed E-state index contributed by atoms with van der Waals surface area (Å²) in [6, 6.07) is 12.8. The summed E-state index contributed by atoms with van der Waals surface area (Å²) in [4.78, 5) is 0. The molecule has 0 bridgehead atoms. The van der Waals surface area contributed by atoms with Gasteiger partial charge in [0.1, 0.15) is 17.2 Å². The highest BCUT2D eigenvalue weighted by Crippen LogP contribution is 2.29. The molecule has 2 rings (SSSR count). The maximum Gasteiger partial charge on any atom is 0.150 e. The Morgan fingerprint density at radius 3 is 2.17 bits per heavy atom. The number of hydrogen-bond acceptors (Lipinski definition) is 4. The number of hydrogen-bond donors (Lipinski definition) is 2. The number of nitrogen functional groups attached to an aromatic ring is 2. The summed E-state index contributed by atoms with van der Waals surface area (Å²) in [6.45, 7) is 3.00. The first-order valence-corrected chi connectivity index (χ1v) is 8.74. The molecule has 24 heavy (non-hydrogen) atoms. The maximum absolute atomic E-state index is 5.89. The molecule has 4 heteroatoms. The van der Waals surface area contributed by atoms with Crippen LogP contribution in [0.15, 0.2) is 42.5 Å². The fraction of sp³-hybridized carbons (Fsp3) is 0.400. The van der Waals surface area contributed by atoms with Gasteiger partial charge in [0.15, 0.2) is 0 Å². The standard InChI is InChI=1S/C20H28N2O2/c1-2-3-4-5-6-7-14-23-17-9-11-18(12-10-17)24-20-13-8-16(21)15-19(20)22/h8-13,15H,2-7,14,21-22H2,1H3. The van der Waals surface area contributed by atoms with Crippen LogP contribution in [0.1, 0.15) is 45.4 Å². The Kier molecular flexibility index (Phi) is 7.27. The molecule has 0 radical (unpaired) electrons. The summed E-state index contributed by atoms with van der Waals surface area (Å²) in [5, 5.41) is 0. The molecule has 2 aromatic carbocycles. The van der Waals surface area contributed by atoms with E-state index < -0.39 is 0 Å². The molecule has 0 fully saturated rings. The van der Waals surface area contributed by atoms with Gasteiger partial charge < -0.3 is 20.9 Å². The van der Waals surface area contributed by atoms with E-state index in [0.29, 0.717) is 17.1 Å². The van der Waals surface area contributed by atoms with E-state index in [1.54, 1.807) is 18.2 Å². The number of ether oxygens (including phenoxy) is 2. The van der Waals surface area contributed by atoms with Gasteiger partial charge in [0, 0.05) is 5.69 Å². The van der Waals surface area contributed by atoms with Crippen LogP contribution in [0.5, 0.6) is 17.2 Å². The Hall–Kier alpha value is -2.36. The molecular formula is C20H28N2O2. The minimum atomic E-state index is 0.526. The largest absolute Gasteiger partial charge is 0.494 e. The second-order valence-electron chi connectivity index (χ2n) is 5.99. The van der Waals surface area contributed by atoms with Crippen LogP contribution in [0.2, 0.25) is 0 Å². The Morgan fingerprint density at radius 2 is 1.46 bits per heavy atom. The molecule has 0 aliphatic carbocycles. The van der Waals surface area contributed by atoms with Gasteiger partial charge in [-0.25, -0.2) is 0 Å². The van der Waals surface area contributed by atoms with Gasteiger partial charge in [-0.2, -0.15) is 0 Å². The minimum absolute atomic E-state index is 0.526. The van der Waals surface area contributed by atoms with Gasteiger partial charge in [-0.3, -0.25) is 0 Å². The average Bonchev–Trinajstić information content (AvgIpc) is 2.58. The van der Waals surface area contributed by atoms with Gasteiger partial charge in [-0.15, -0.1) is 0 Å². The van der Waals surface area contributed by atoms with E-state index in [9.17, 15) is 0 Å². The Labute approximate surface area is 144 Å². The molecule has 0 atom stereocenters. The van der Waals surface area contributed by atoms with Crippen molar-refractivity contribution in [1.82, 2.24) is 0 Å². The monoisotopic (exact) mass is 328 g/mol. The van der Waals surface area contributed by atoms with Crippen molar-refractivity contribution in [2.24, 2.45) is 0 Å². The van der Waals surface area contributed by atoms with Gasteiger partial charge >= 0.3 is 0 Å². The number of anilines is 2. The van der Waals surface area contributed by atoms with Crippen molar-refractivity contribution in [2.45, 2.75) is 45.4 Å². The molecule has 0 aliphatic rings. The van der Waals surface area contributed by atoms with Gasteiger partial charge in [0.05, 0.1) is 12.3 Å². The molecule has 0 spiro atoms. The molecule has 0 aliphatic heterocycles. The van der Waals surface area contributed by atoms with Crippen molar-refractivity contribution in [1.29, 1.82) is 0 Å². The van der Waals surface area contributed by atoms with Crippen molar-refractivity contribution in [3.8, 4) is 17.2 Å². The molecule has 0 saturated heterocycles. The molecule has 4 nitrogen and oxygen atoms in total. The fourth-order valence-electron chi connectivity index (χ4n) is 2.46. The molecule has 0 amide bonds. The lowest BCUT2D eigenvalue weighted by Crippen LogP contribution is -1.97. The van der Waals surface area contributed by atoms with Crippen LogP contribution in [0.25, 0.3) is 0 Å². The Morgan fingerprint density at radius 1 is 0.792 bits per heavy atom. The molecule has 4 N–H and O–H groups in total. The van der Waals surface area contributed by atoms with E-state index >= 15 is 0 Å². The number of nitrogens with two attached hydrogens (primary N) is 2. The first-order valence-electron chi connectivity index (χ1n) is 8.74. The average molecular weight is 328 g/mol. The molecule has 0 heterocycles. The summed E-state index contributed by atoms with van der Waals surface area (Å²) >= 11 is 0. The lowest BCUT2D eigenvalue weighted by atomic mass is 10.1. The third-order valence-corrected chi connectivity index (χ3v) is 3.85. The van der Waals surface area contributed by atoms with Crippen LogP contribution < -0.4 is 20.9 Å². The third-order valence-electron chi connectivity index (χ3n) is 3.85. The molecule has 0 saturated carbocycles. The van der Waals surface area contributed by atoms with Crippen molar-refractivity contribution in [3.63, 3.8) is 0 Å². The van der Waals surface area contributed by atoms with Crippen LogP contribution in [-0.4, -0.2) is 6.61 Å². The molecule has 2 aromatic rings. The zero-order valence-corrected chi connectivity index (χ0v) is 14.5. The highest BCUT2D eigenvalue weighted by molar-refractivity contribution is 5.61. The van der Waals surface area contributed by atoms with Gasteiger partial charge in [0.25, 0.3) is 0 Å². The van der Waals surface area contributed by atoms with E-state index in [-0.39, 0.29) is 0 Å². The minimum Gasteiger partial charge on any atom is -0.494 e. The first kappa shape index (κ1) is 18.0. The summed E-state index contributed by atoms with van der Waals surface area (Å²) < 4.78 is 11.5. The van der Waals surface area contributed by atoms with Gasteiger partial charge in [-0.1, -0.05) is 39.0 Å². The maximum atomic E-state index is 5.89. The van der Waals surface area contributed by atoms with Crippen LogP contribution >= 0.6 is 0 Å². The zero-order valence-electron chi connectivity index (χ0n) is 14.5. The molecule has 130 valence electrons. The van der Waals surface area contributed by atoms with Crippen molar-refractivity contribution in [3.05, 3.63) is 42.5 Å².